The predicted molar refractivity (Wildman–Crippen MR) is 90.7 cm³/mol. The molecule has 0 radical (unpaired) electrons. The van der Waals surface area contributed by atoms with Gasteiger partial charge in [-0.25, -0.2) is 0 Å². The molecule has 1 fully saturated rings. The Morgan fingerprint density at radius 2 is 2.19 bits per heavy atom. The second-order valence-corrected chi connectivity index (χ2v) is 5.80. The number of nitrogens with zero attached hydrogens (tertiary/aromatic N) is 1. The Balaban J connectivity index is 2.33. The van der Waals surface area contributed by atoms with E-state index in [1.807, 2.05) is 31.2 Å². The van der Waals surface area contributed by atoms with Gasteiger partial charge in [0.15, 0.2) is 0 Å². The highest BCUT2D eigenvalue weighted by atomic mass is 35.5. The molecule has 1 heterocycles. The van der Waals surface area contributed by atoms with Crippen LogP contribution >= 0.6 is 11.6 Å². The first kappa shape index (κ1) is 15.8. The van der Waals surface area contributed by atoms with Gasteiger partial charge in [-0.05, 0) is 49.6 Å². The van der Waals surface area contributed by atoms with Crippen molar-refractivity contribution in [2.24, 2.45) is 10.7 Å². The Bertz CT molecular complexity index is 602. The van der Waals surface area contributed by atoms with Crippen LogP contribution in [-0.2, 0) is 6.54 Å². The van der Waals surface area contributed by atoms with Gasteiger partial charge in [0.05, 0.1) is 12.3 Å². The molecule has 1 saturated heterocycles. The van der Waals surface area contributed by atoms with E-state index in [0.717, 1.165) is 46.1 Å². The van der Waals surface area contributed by atoms with Gasteiger partial charge in [0.1, 0.15) is 0 Å². The maximum absolute atomic E-state index is 6.19. The fourth-order valence-corrected chi connectivity index (χ4v) is 2.65. The van der Waals surface area contributed by atoms with Crippen molar-refractivity contribution < 1.29 is 0 Å². The van der Waals surface area contributed by atoms with Crippen LogP contribution in [0.2, 0.25) is 5.02 Å². The third-order valence-electron chi connectivity index (χ3n) is 3.71. The minimum Gasteiger partial charge on any atom is -0.398 e. The second kappa shape index (κ2) is 6.92. The molecule has 1 unspecified atom stereocenters. The van der Waals surface area contributed by atoms with E-state index < -0.39 is 0 Å². The third kappa shape index (κ3) is 3.74. The van der Waals surface area contributed by atoms with Gasteiger partial charge < -0.3 is 11.1 Å². The number of hydrogen-bond donors (Lipinski definition) is 2. The minimum atomic E-state index is 0.189. The Labute approximate surface area is 131 Å². The van der Waals surface area contributed by atoms with Crippen molar-refractivity contribution in [1.29, 1.82) is 0 Å². The molecule has 3 nitrogen and oxygen atoms in total. The maximum atomic E-state index is 6.19. The number of rotatable bonds is 3. The van der Waals surface area contributed by atoms with Crippen molar-refractivity contribution in [2.45, 2.75) is 32.9 Å². The summed E-state index contributed by atoms with van der Waals surface area (Å²) in [5.74, 6) is 0. The van der Waals surface area contributed by atoms with Gasteiger partial charge in [0.25, 0.3) is 0 Å². The highest BCUT2D eigenvalue weighted by Gasteiger charge is 2.22. The van der Waals surface area contributed by atoms with Crippen LogP contribution in [0.3, 0.4) is 0 Å². The molecule has 1 aromatic carbocycles. The number of allylic oxidation sites excluding steroid dienone is 1. The summed E-state index contributed by atoms with van der Waals surface area (Å²) in [5.41, 5.74) is 11.0. The smallest absolute Gasteiger partial charge is 0.0658 e. The molecule has 3 N–H and O–H groups in total. The number of piperidine rings is 1. The molecule has 0 bridgehead atoms. The van der Waals surface area contributed by atoms with E-state index in [-0.39, 0.29) is 6.04 Å². The quantitative estimate of drug-likeness (QED) is 0.898. The molecule has 0 saturated carbocycles. The summed E-state index contributed by atoms with van der Waals surface area (Å²) >= 11 is 6.19. The normalized spacial score (nSPS) is 23.2. The topological polar surface area (TPSA) is 50.4 Å². The fraction of sp³-hybridized carbons (Fsp3) is 0.353. The Hall–Kier alpha value is -1.58. The molecule has 112 valence electrons. The number of aliphatic imine (C=N–C) groups is 1. The molecule has 1 aromatic rings. The first-order valence-corrected chi connectivity index (χ1v) is 7.54. The van der Waals surface area contributed by atoms with E-state index in [4.69, 9.17) is 22.3 Å². The summed E-state index contributed by atoms with van der Waals surface area (Å²) in [6.07, 6.45) is 0.879. The highest BCUT2D eigenvalue weighted by Crippen LogP contribution is 2.21. The first-order chi connectivity index (χ1) is 10.0. The van der Waals surface area contributed by atoms with Gasteiger partial charge in [0, 0.05) is 16.8 Å². The highest BCUT2D eigenvalue weighted by molar-refractivity contribution is 6.31. The van der Waals surface area contributed by atoms with Crippen molar-refractivity contribution in [3.05, 3.63) is 58.3 Å². The lowest BCUT2D eigenvalue weighted by molar-refractivity contribution is 0.623. The number of nitrogens with two attached hydrogens (primary N) is 1. The molecule has 0 aromatic heterocycles. The van der Waals surface area contributed by atoms with Crippen molar-refractivity contribution in [3.8, 4) is 0 Å². The zero-order chi connectivity index (χ0) is 15.4. The standard InChI is InChI=1S/C17H22ClN3/c1-11(2)16(19)14-8-9-20-12(3)17(14)21-10-13-6-4-5-7-15(13)18/h4-7,12,20H,1,8-10,19H2,2-3H3/b16-14-,21-17?. The molecule has 2 rings (SSSR count). The summed E-state index contributed by atoms with van der Waals surface area (Å²) in [5, 5.41) is 4.17. The summed E-state index contributed by atoms with van der Waals surface area (Å²) in [7, 11) is 0. The van der Waals surface area contributed by atoms with Gasteiger partial charge >= 0.3 is 0 Å². The summed E-state index contributed by atoms with van der Waals surface area (Å²) in [6, 6.07) is 7.98. The Morgan fingerprint density at radius 1 is 1.48 bits per heavy atom. The van der Waals surface area contributed by atoms with Crippen LogP contribution in [0.15, 0.2) is 52.7 Å². The lowest BCUT2D eigenvalue weighted by Gasteiger charge is -2.27. The molecule has 1 atom stereocenters. The van der Waals surface area contributed by atoms with Crippen LogP contribution in [0.25, 0.3) is 0 Å². The van der Waals surface area contributed by atoms with Gasteiger partial charge in [-0.1, -0.05) is 36.4 Å². The van der Waals surface area contributed by atoms with E-state index in [1.165, 1.54) is 0 Å². The van der Waals surface area contributed by atoms with E-state index in [1.54, 1.807) is 0 Å². The third-order valence-corrected chi connectivity index (χ3v) is 4.08. The molecule has 1 aliphatic heterocycles. The monoisotopic (exact) mass is 303 g/mol. The lowest BCUT2D eigenvalue weighted by Crippen LogP contribution is -2.42. The van der Waals surface area contributed by atoms with Crippen LogP contribution in [0.1, 0.15) is 25.8 Å². The van der Waals surface area contributed by atoms with Crippen LogP contribution in [-0.4, -0.2) is 18.3 Å². The first-order valence-electron chi connectivity index (χ1n) is 7.16. The van der Waals surface area contributed by atoms with E-state index >= 15 is 0 Å². The Morgan fingerprint density at radius 3 is 2.86 bits per heavy atom. The molecule has 21 heavy (non-hydrogen) atoms. The molecular weight excluding hydrogens is 282 g/mol. The number of halogens is 1. The van der Waals surface area contributed by atoms with E-state index in [0.29, 0.717) is 6.54 Å². The average molecular weight is 304 g/mol. The lowest BCUT2D eigenvalue weighted by atomic mass is 9.93. The molecule has 0 spiro atoms. The molecular formula is C17H22ClN3. The van der Waals surface area contributed by atoms with Crippen molar-refractivity contribution >= 4 is 17.3 Å². The second-order valence-electron chi connectivity index (χ2n) is 5.39. The largest absolute Gasteiger partial charge is 0.398 e. The number of hydrogen-bond acceptors (Lipinski definition) is 3. The summed E-state index contributed by atoms with van der Waals surface area (Å²) < 4.78 is 0. The minimum absolute atomic E-state index is 0.189. The maximum Gasteiger partial charge on any atom is 0.0658 e. The Kier molecular flexibility index (Phi) is 5.21. The molecule has 1 aliphatic rings. The zero-order valence-corrected chi connectivity index (χ0v) is 13.4. The van der Waals surface area contributed by atoms with Crippen LogP contribution in [0.4, 0.5) is 0 Å². The zero-order valence-electron chi connectivity index (χ0n) is 12.6. The van der Waals surface area contributed by atoms with Crippen LogP contribution in [0, 0.1) is 0 Å². The van der Waals surface area contributed by atoms with Crippen LogP contribution in [0.5, 0.6) is 0 Å². The fourth-order valence-electron chi connectivity index (χ4n) is 2.46. The predicted octanol–water partition coefficient (Wildman–Crippen LogP) is 3.45. The van der Waals surface area contributed by atoms with E-state index in [9.17, 15) is 0 Å². The average Bonchev–Trinajstić information content (AvgIpc) is 2.46. The van der Waals surface area contributed by atoms with Crippen molar-refractivity contribution in [1.82, 2.24) is 5.32 Å². The molecule has 4 heteroatoms. The summed E-state index contributed by atoms with van der Waals surface area (Å²) in [6.45, 7) is 9.46. The van der Waals surface area contributed by atoms with Crippen molar-refractivity contribution in [3.63, 3.8) is 0 Å². The number of benzene rings is 1. The van der Waals surface area contributed by atoms with Gasteiger partial charge in [-0.2, -0.15) is 0 Å². The molecule has 0 aliphatic carbocycles. The van der Waals surface area contributed by atoms with Crippen molar-refractivity contribution in [2.75, 3.05) is 6.54 Å². The number of nitrogens with one attached hydrogen (secondary N) is 1. The summed E-state index contributed by atoms with van der Waals surface area (Å²) in [4.78, 5) is 4.77. The van der Waals surface area contributed by atoms with Gasteiger partial charge in [-0.15, -0.1) is 0 Å². The van der Waals surface area contributed by atoms with E-state index in [2.05, 4.69) is 18.8 Å². The molecule has 0 amide bonds. The van der Waals surface area contributed by atoms with Gasteiger partial charge in [-0.3, -0.25) is 4.99 Å². The van der Waals surface area contributed by atoms with Gasteiger partial charge in [0.2, 0.25) is 0 Å². The SMILES string of the molecule is C=C(C)/C(N)=C1\CCNC(C)C1=NCc1ccccc1Cl. The van der Waals surface area contributed by atoms with Crippen LogP contribution < -0.4 is 11.1 Å².